The second-order valence-electron chi connectivity index (χ2n) is 4.72. The number of hydrogen-bond acceptors (Lipinski definition) is 3. The van der Waals surface area contributed by atoms with Gasteiger partial charge in [-0.15, -0.1) is 0 Å². The van der Waals surface area contributed by atoms with Crippen LogP contribution in [0.1, 0.15) is 32.6 Å². The fourth-order valence-corrected chi connectivity index (χ4v) is 2.11. The van der Waals surface area contributed by atoms with Gasteiger partial charge >= 0.3 is 5.97 Å². The predicted octanol–water partition coefficient (Wildman–Crippen LogP) is 1.12. The van der Waals surface area contributed by atoms with Crippen LogP contribution in [0.3, 0.4) is 0 Å². The van der Waals surface area contributed by atoms with E-state index in [0.717, 1.165) is 19.3 Å². The van der Waals surface area contributed by atoms with Crippen molar-refractivity contribution in [3.8, 4) is 0 Å². The van der Waals surface area contributed by atoms with Crippen LogP contribution >= 0.6 is 0 Å². The molecular formula is C12H20FNO4. The van der Waals surface area contributed by atoms with Gasteiger partial charge in [-0.2, -0.15) is 0 Å². The molecule has 104 valence electrons. The molecule has 3 atom stereocenters. The Morgan fingerprint density at radius 3 is 2.67 bits per heavy atom. The van der Waals surface area contributed by atoms with E-state index in [2.05, 4.69) is 12.2 Å². The maximum Gasteiger partial charge on any atom is 0.328 e. The first-order valence-corrected chi connectivity index (χ1v) is 6.24. The molecule has 0 radical (unpaired) electrons. The molecule has 0 aromatic carbocycles. The Morgan fingerprint density at radius 1 is 1.44 bits per heavy atom. The summed E-state index contributed by atoms with van der Waals surface area (Å²) >= 11 is 0. The van der Waals surface area contributed by atoms with E-state index in [4.69, 9.17) is 9.84 Å². The molecule has 0 bridgehead atoms. The summed E-state index contributed by atoms with van der Waals surface area (Å²) in [5.74, 6) is -1.56. The summed E-state index contributed by atoms with van der Waals surface area (Å²) in [4.78, 5) is 21.9. The Balaban J connectivity index is 2.29. The van der Waals surface area contributed by atoms with Gasteiger partial charge in [-0.3, -0.25) is 4.79 Å². The standard InChI is InChI=1S/C12H20FNO4/c1-8-4-2-3-5-10(8)18-7-11(15)14-9(6-13)12(16)17/h8-10H,2-7H2,1H3,(H,14,15)(H,16,17). The molecular weight excluding hydrogens is 241 g/mol. The fraction of sp³-hybridized carbons (Fsp3) is 0.833. The summed E-state index contributed by atoms with van der Waals surface area (Å²) in [6.45, 7) is 0.739. The zero-order chi connectivity index (χ0) is 13.5. The average molecular weight is 261 g/mol. The normalized spacial score (nSPS) is 25.4. The molecule has 5 nitrogen and oxygen atoms in total. The molecule has 1 fully saturated rings. The molecule has 0 heterocycles. The van der Waals surface area contributed by atoms with Crippen LogP contribution in [0.4, 0.5) is 4.39 Å². The number of amides is 1. The van der Waals surface area contributed by atoms with Gasteiger partial charge in [0.05, 0.1) is 6.10 Å². The average Bonchev–Trinajstić information content (AvgIpc) is 2.34. The van der Waals surface area contributed by atoms with Gasteiger partial charge in [-0.1, -0.05) is 19.8 Å². The molecule has 0 saturated heterocycles. The third kappa shape index (κ3) is 4.60. The van der Waals surface area contributed by atoms with Crippen molar-refractivity contribution in [2.24, 2.45) is 5.92 Å². The Bertz CT molecular complexity index is 298. The van der Waals surface area contributed by atoms with Crippen LogP contribution < -0.4 is 5.32 Å². The number of alkyl halides is 1. The van der Waals surface area contributed by atoms with E-state index in [1.165, 1.54) is 6.42 Å². The van der Waals surface area contributed by atoms with Crippen LogP contribution in [0.25, 0.3) is 0 Å². The predicted molar refractivity (Wildman–Crippen MR) is 62.9 cm³/mol. The maximum absolute atomic E-state index is 12.3. The highest BCUT2D eigenvalue weighted by Gasteiger charge is 2.24. The van der Waals surface area contributed by atoms with E-state index in [-0.39, 0.29) is 12.7 Å². The minimum Gasteiger partial charge on any atom is -0.480 e. The first kappa shape index (κ1) is 14.9. The first-order valence-electron chi connectivity index (χ1n) is 6.24. The quantitative estimate of drug-likeness (QED) is 0.751. The molecule has 3 unspecified atom stereocenters. The number of nitrogens with one attached hydrogen (secondary N) is 1. The molecule has 1 rings (SSSR count). The number of ether oxygens (including phenoxy) is 1. The van der Waals surface area contributed by atoms with E-state index in [1.54, 1.807) is 0 Å². The molecule has 6 heteroatoms. The molecule has 1 saturated carbocycles. The van der Waals surface area contributed by atoms with E-state index in [9.17, 15) is 14.0 Å². The molecule has 0 spiro atoms. The van der Waals surface area contributed by atoms with Gasteiger partial charge in [-0.25, -0.2) is 9.18 Å². The van der Waals surface area contributed by atoms with Gasteiger partial charge in [0.1, 0.15) is 13.3 Å². The molecule has 2 N–H and O–H groups in total. The van der Waals surface area contributed by atoms with Crippen molar-refractivity contribution in [2.45, 2.75) is 44.8 Å². The maximum atomic E-state index is 12.3. The lowest BCUT2D eigenvalue weighted by molar-refractivity contribution is -0.143. The van der Waals surface area contributed by atoms with E-state index >= 15 is 0 Å². The Kier molecular flexibility index (Phi) is 6.04. The topological polar surface area (TPSA) is 75.6 Å². The number of carbonyl (C=O) groups is 2. The highest BCUT2D eigenvalue weighted by molar-refractivity contribution is 5.84. The van der Waals surface area contributed by atoms with Crippen LogP contribution in [-0.4, -0.2) is 42.4 Å². The minimum atomic E-state index is -1.48. The van der Waals surface area contributed by atoms with Crippen LogP contribution in [-0.2, 0) is 14.3 Å². The minimum absolute atomic E-state index is 0.0400. The van der Waals surface area contributed by atoms with Crippen molar-refractivity contribution in [2.75, 3.05) is 13.3 Å². The highest BCUT2D eigenvalue weighted by Crippen LogP contribution is 2.25. The van der Waals surface area contributed by atoms with Crippen molar-refractivity contribution >= 4 is 11.9 Å². The van der Waals surface area contributed by atoms with Gasteiger partial charge in [0.2, 0.25) is 5.91 Å². The van der Waals surface area contributed by atoms with Crippen LogP contribution in [0.15, 0.2) is 0 Å². The molecule has 0 aromatic rings. The summed E-state index contributed by atoms with van der Waals surface area (Å²) in [6, 6.07) is -1.48. The summed E-state index contributed by atoms with van der Waals surface area (Å²) in [5.41, 5.74) is 0. The Labute approximate surface area is 106 Å². The van der Waals surface area contributed by atoms with E-state index < -0.39 is 24.6 Å². The van der Waals surface area contributed by atoms with Gasteiger partial charge in [0.15, 0.2) is 6.04 Å². The molecule has 0 aromatic heterocycles. The van der Waals surface area contributed by atoms with Gasteiger partial charge in [0, 0.05) is 0 Å². The zero-order valence-corrected chi connectivity index (χ0v) is 10.5. The Hall–Kier alpha value is -1.17. The van der Waals surface area contributed by atoms with Crippen molar-refractivity contribution < 1.29 is 23.8 Å². The van der Waals surface area contributed by atoms with Crippen LogP contribution in [0.5, 0.6) is 0 Å². The number of aliphatic carboxylic acids is 1. The van der Waals surface area contributed by atoms with Crippen LogP contribution in [0, 0.1) is 5.92 Å². The molecule has 1 amide bonds. The SMILES string of the molecule is CC1CCCCC1OCC(=O)NC(CF)C(=O)O. The highest BCUT2D eigenvalue weighted by atomic mass is 19.1. The van der Waals surface area contributed by atoms with Gasteiger partial charge in [0.25, 0.3) is 0 Å². The van der Waals surface area contributed by atoms with Gasteiger partial charge < -0.3 is 15.2 Å². The number of rotatable bonds is 6. The van der Waals surface area contributed by atoms with Crippen molar-refractivity contribution in [3.63, 3.8) is 0 Å². The largest absolute Gasteiger partial charge is 0.480 e. The van der Waals surface area contributed by atoms with Crippen molar-refractivity contribution in [3.05, 3.63) is 0 Å². The van der Waals surface area contributed by atoms with E-state index in [1.807, 2.05) is 0 Å². The van der Waals surface area contributed by atoms with E-state index in [0.29, 0.717) is 5.92 Å². The lowest BCUT2D eigenvalue weighted by Crippen LogP contribution is -2.44. The Morgan fingerprint density at radius 2 is 2.11 bits per heavy atom. The summed E-state index contributed by atoms with van der Waals surface area (Å²) in [5, 5.41) is 10.7. The monoisotopic (exact) mass is 261 g/mol. The van der Waals surface area contributed by atoms with Gasteiger partial charge in [-0.05, 0) is 18.8 Å². The van der Waals surface area contributed by atoms with Crippen molar-refractivity contribution in [1.29, 1.82) is 0 Å². The number of halogens is 1. The van der Waals surface area contributed by atoms with Crippen LogP contribution in [0.2, 0.25) is 0 Å². The lowest BCUT2D eigenvalue weighted by Gasteiger charge is -2.28. The third-order valence-corrected chi connectivity index (χ3v) is 3.25. The summed E-state index contributed by atoms with van der Waals surface area (Å²) in [6.07, 6.45) is 4.29. The molecule has 0 aliphatic heterocycles. The van der Waals surface area contributed by atoms with Crippen molar-refractivity contribution in [1.82, 2.24) is 5.32 Å². The third-order valence-electron chi connectivity index (χ3n) is 3.25. The second kappa shape index (κ2) is 7.31. The number of hydrogen-bond donors (Lipinski definition) is 2. The fourth-order valence-electron chi connectivity index (χ4n) is 2.11. The molecule has 1 aliphatic carbocycles. The number of carboxylic acids is 1. The first-order chi connectivity index (χ1) is 8.54. The summed E-state index contributed by atoms with van der Waals surface area (Å²) in [7, 11) is 0. The molecule has 1 aliphatic rings. The number of carboxylic acid groups (broad SMARTS) is 1. The lowest BCUT2D eigenvalue weighted by atomic mass is 9.88. The summed E-state index contributed by atoms with van der Waals surface area (Å²) < 4.78 is 17.7. The number of carbonyl (C=O) groups excluding carboxylic acids is 1. The zero-order valence-electron chi connectivity index (χ0n) is 10.5. The smallest absolute Gasteiger partial charge is 0.328 e. The molecule has 18 heavy (non-hydrogen) atoms. The second-order valence-corrected chi connectivity index (χ2v) is 4.72.